The monoisotopic (exact) mass is 220 g/mol. The SMILES string of the molecule is CCCSCCC(Cl)(Cl)Cl. The first-order chi connectivity index (χ1) is 4.56. The van der Waals surface area contributed by atoms with Gasteiger partial charge in [-0.1, -0.05) is 41.7 Å². The first-order valence-corrected chi connectivity index (χ1v) is 5.49. The molecule has 4 heteroatoms. The third kappa shape index (κ3) is 9.22. The van der Waals surface area contributed by atoms with Gasteiger partial charge in [0.2, 0.25) is 0 Å². The van der Waals surface area contributed by atoms with E-state index in [-0.39, 0.29) is 0 Å². The molecule has 0 radical (unpaired) electrons. The summed E-state index contributed by atoms with van der Waals surface area (Å²) in [4.78, 5) is 0. The summed E-state index contributed by atoms with van der Waals surface area (Å²) >= 11 is 18.4. The molecule has 0 atom stereocenters. The maximum atomic E-state index is 5.53. The van der Waals surface area contributed by atoms with E-state index in [0.29, 0.717) is 6.42 Å². The van der Waals surface area contributed by atoms with Gasteiger partial charge in [0.05, 0.1) is 0 Å². The quantitative estimate of drug-likeness (QED) is 0.513. The lowest BCUT2D eigenvalue weighted by molar-refractivity contribution is 0.983. The van der Waals surface area contributed by atoms with Crippen LogP contribution >= 0.6 is 46.6 Å². The largest absolute Gasteiger partial charge is 0.191 e. The van der Waals surface area contributed by atoms with Gasteiger partial charge in [-0.2, -0.15) is 11.8 Å². The van der Waals surface area contributed by atoms with Gasteiger partial charge in [0, 0.05) is 6.42 Å². The predicted molar refractivity (Wildman–Crippen MR) is 52.5 cm³/mol. The minimum atomic E-state index is -1.05. The predicted octanol–water partition coefficient (Wildman–Crippen LogP) is 3.89. The topological polar surface area (TPSA) is 0 Å². The van der Waals surface area contributed by atoms with Gasteiger partial charge in [-0.3, -0.25) is 0 Å². The molecule has 0 saturated heterocycles. The zero-order valence-electron chi connectivity index (χ0n) is 5.87. The summed E-state index contributed by atoms with van der Waals surface area (Å²) in [6.45, 7) is 2.14. The Kier molecular flexibility index (Phi) is 6.53. The molecule has 0 spiro atoms. The molecule has 0 nitrogen and oxygen atoms in total. The van der Waals surface area contributed by atoms with Crippen molar-refractivity contribution in [1.82, 2.24) is 0 Å². The van der Waals surface area contributed by atoms with Gasteiger partial charge in [0.15, 0.2) is 3.79 Å². The lowest BCUT2D eigenvalue weighted by Crippen LogP contribution is -2.03. The standard InChI is InChI=1S/C6H11Cl3S/c1-2-4-10-5-3-6(7,8)9/h2-5H2,1H3. The maximum absolute atomic E-state index is 5.53. The van der Waals surface area contributed by atoms with Crippen LogP contribution in [0.3, 0.4) is 0 Å². The Morgan fingerprint density at radius 3 is 2.20 bits per heavy atom. The van der Waals surface area contributed by atoms with Crippen LogP contribution in [0.2, 0.25) is 0 Å². The van der Waals surface area contributed by atoms with Crippen LogP contribution in [-0.4, -0.2) is 15.3 Å². The lowest BCUT2D eigenvalue weighted by Gasteiger charge is -2.08. The van der Waals surface area contributed by atoms with Crippen LogP contribution in [0.15, 0.2) is 0 Å². The molecule has 0 aliphatic heterocycles. The highest BCUT2D eigenvalue weighted by molar-refractivity contribution is 7.99. The second kappa shape index (κ2) is 5.82. The van der Waals surface area contributed by atoms with Crippen LogP contribution < -0.4 is 0 Å². The number of hydrogen-bond donors (Lipinski definition) is 0. The number of halogens is 3. The second-order valence-corrected chi connectivity index (χ2v) is 5.72. The molecule has 0 amide bonds. The molecule has 0 fully saturated rings. The molecule has 0 aromatic rings. The fourth-order valence-electron chi connectivity index (χ4n) is 0.434. The third-order valence-electron chi connectivity index (χ3n) is 0.878. The van der Waals surface area contributed by atoms with Crippen molar-refractivity contribution >= 4 is 46.6 Å². The summed E-state index contributed by atoms with van der Waals surface area (Å²) in [5, 5.41) is 0. The van der Waals surface area contributed by atoms with Gasteiger partial charge in [-0.15, -0.1) is 0 Å². The molecule has 0 unspecified atom stereocenters. The Bertz CT molecular complexity index is 79.6. The molecule has 0 aromatic heterocycles. The van der Waals surface area contributed by atoms with Crippen molar-refractivity contribution in [2.24, 2.45) is 0 Å². The molecule has 0 aromatic carbocycles. The number of rotatable bonds is 4. The minimum Gasteiger partial charge on any atom is -0.162 e. The molecule has 62 valence electrons. The van der Waals surface area contributed by atoms with Crippen molar-refractivity contribution in [3.8, 4) is 0 Å². The molecule has 0 N–H and O–H groups in total. The van der Waals surface area contributed by atoms with E-state index in [2.05, 4.69) is 6.92 Å². The summed E-state index contributed by atoms with van der Waals surface area (Å²) in [6, 6.07) is 0. The minimum absolute atomic E-state index is 0.641. The van der Waals surface area contributed by atoms with Crippen molar-refractivity contribution in [1.29, 1.82) is 0 Å². The van der Waals surface area contributed by atoms with E-state index in [9.17, 15) is 0 Å². The van der Waals surface area contributed by atoms with Gasteiger partial charge < -0.3 is 0 Å². The lowest BCUT2D eigenvalue weighted by atomic mass is 10.6. The second-order valence-electron chi connectivity index (χ2n) is 1.98. The molecule has 0 saturated carbocycles. The van der Waals surface area contributed by atoms with Crippen LogP contribution in [0.4, 0.5) is 0 Å². The van der Waals surface area contributed by atoms with Crippen molar-refractivity contribution < 1.29 is 0 Å². The highest BCUT2D eigenvalue weighted by Crippen LogP contribution is 2.31. The van der Waals surface area contributed by atoms with Gasteiger partial charge in [0.25, 0.3) is 0 Å². The summed E-state index contributed by atoms with van der Waals surface area (Å²) < 4.78 is -1.05. The van der Waals surface area contributed by atoms with Crippen LogP contribution in [-0.2, 0) is 0 Å². The zero-order valence-corrected chi connectivity index (χ0v) is 8.95. The van der Waals surface area contributed by atoms with Crippen LogP contribution in [0.5, 0.6) is 0 Å². The Hall–Kier alpha value is 1.22. The average Bonchev–Trinajstić information content (AvgIpc) is 1.78. The van der Waals surface area contributed by atoms with E-state index >= 15 is 0 Å². The first-order valence-electron chi connectivity index (χ1n) is 3.20. The van der Waals surface area contributed by atoms with E-state index in [4.69, 9.17) is 34.8 Å². The maximum Gasteiger partial charge on any atom is 0.191 e. The smallest absolute Gasteiger partial charge is 0.162 e. The molecule has 0 aliphatic rings. The molecule has 0 rings (SSSR count). The molecule has 10 heavy (non-hydrogen) atoms. The van der Waals surface area contributed by atoms with Crippen LogP contribution in [0, 0.1) is 0 Å². The third-order valence-corrected chi connectivity index (χ3v) is 2.64. The van der Waals surface area contributed by atoms with Crippen LogP contribution in [0.25, 0.3) is 0 Å². The van der Waals surface area contributed by atoms with E-state index in [1.54, 1.807) is 0 Å². The van der Waals surface area contributed by atoms with Gasteiger partial charge >= 0.3 is 0 Å². The average molecular weight is 222 g/mol. The molecular formula is C6H11Cl3S. The number of hydrogen-bond acceptors (Lipinski definition) is 1. The summed E-state index contributed by atoms with van der Waals surface area (Å²) in [7, 11) is 0. The van der Waals surface area contributed by atoms with Crippen LogP contribution in [0.1, 0.15) is 19.8 Å². The molecular weight excluding hydrogens is 210 g/mol. The Morgan fingerprint density at radius 2 is 1.80 bits per heavy atom. The van der Waals surface area contributed by atoms with Gasteiger partial charge in [0.1, 0.15) is 0 Å². The van der Waals surface area contributed by atoms with E-state index in [1.807, 2.05) is 11.8 Å². The summed E-state index contributed by atoms with van der Waals surface area (Å²) in [6.07, 6.45) is 1.83. The normalized spacial score (nSPS) is 12.0. The molecule has 0 bridgehead atoms. The Balaban J connectivity index is 3.04. The zero-order chi connectivity index (χ0) is 8.04. The Labute approximate surface area is 81.6 Å². The van der Waals surface area contributed by atoms with E-state index < -0.39 is 3.79 Å². The summed E-state index contributed by atoms with van der Waals surface area (Å²) in [5.74, 6) is 2.09. The summed E-state index contributed by atoms with van der Waals surface area (Å²) in [5.41, 5.74) is 0. The molecule has 0 heterocycles. The van der Waals surface area contributed by atoms with Crippen molar-refractivity contribution in [3.05, 3.63) is 0 Å². The fraction of sp³-hybridized carbons (Fsp3) is 1.00. The highest BCUT2D eigenvalue weighted by Gasteiger charge is 2.17. The molecule has 0 aliphatic carbocycles. The van der Waals surface area contributed by atoms with Gasteiger partial charge in [-0.05, 0) is 17.9 Å². The van der Waals surface area contributed by atoms with Crippen molar-refractivity contribution in [2.45, 2.75) is 23.6 Å². The fourth-order valence-corrected chi connectivity index (χ4v) is 2.00. The number of thioether (sulfide) groups is 1. The Morgan fingerprint density at radius 1 is 1.20 bits per heavy atom. The first kappa shape index (κ1) is 11.2. The van der Waals surface area contributed by atoms with Crippen molar-refractivity contribution in [2.75, 3.05) is 11.5 Å². The highest BCUT2D eigenvalue weighted by atomic mass is 35.6. The van der Waals surface area contributed by atoms with E-state index in [0.717, 1.165) is 11.5 Å². The van der Waals surface area contributed by atoms with E-state index in [1.165, 1.54) is 6.42 Å². The van der Waals surface area contributed by atoms with Gasteiger partial charge in [-0.25, -0.2) is 0 Å². The number of alkyl halides is 3. The van der Waals surface area contributed by atoms with Crippen molar-refractivity contribution in [3.63, 3.8) is 0 Å².